The fraction of sp³-hybridized carbons (Fsp3) is 0.652. The van der Waals surface area contributed by atoms with Crippen LogP contribution in [-0.4, -0.2) is 53.7 Å². The molecule has 0 radical (unpaired) electrons. The molecule has 3 aliphatic rings. The topological polar surface area (TPSA) is 61.9 Å². The normalized spacial score (nSPS) is 23.2. The minimum absolute atomic E-state index is 0.0259. The first-order valence-corrected chi connectivity index (χ1v) is 10.9. The Balaban J connectivity index is 1.46. The Morgan fingerprint density at radius 2 is 1.69 bits per heavy atom. The maximum Gasteiger partial charge on any atom is 0.410 e. The third-order valence-corrected chi connectivity index (χ3v) is 6.57. The van der Waals surface area contributed by atoms with Gasteiger partial charge >= 0.3 is 12.1 Å². The number of benzene rings is 1. The largest absolute Gasteiger partial charge is 0.444 e. The molecule has 4 rings (SSSR count). The van der Waals surface area contributed by atoms with E-state index < -0.39 is 5.60 Å². The van der Waals surface area contributed by atoms with E-state index in [0.29, 0.717) is 13.1 Å². The molecule has 0 saturated carbocycles. The molecule has 0 aromatic heterocycles. The Kier molecular flexibility index (Phi) is 5.21. The number of rotatable bonds is 1. The minimum atomic E-state index is -0.475. The molecule has 158 valence electrons. The van der Waals surface area contributed by atoms with Gasteiger partial charge in [0.05, 0.1) is 6.04 Å². The zero-order valence-corrected chi connectivity index (χ0v) is 17.9. The predicted octanol–water partition coefficient (Wildman–Crippen LogP) is 4.21. The molecule has 1 aromatic carbocycles. The number of ether oxygens (including phenoxy) is 1. The first-order chi connectivity index (χ1) is 13.8. The molecule has 29 heavy (non-hydrogen) atoms. The second kappa shape index (κ2) is 7.54. The summed E-state index contributed by atoms with van der Waals surface area (Å²) in [6.07, 6.45) is 4.68. The van der Waals surface area contributed by atoms with Crippen LogP contribution in [0, 0.1) is 0 Å². The van der Waals surface area contributed by atoms with E-state index >= 15 is 0 Å². The van der Waals surface area contributed by atoms with Crippen LogP contribution in [0.15, 0.2) is 24.3 Å². The van der Waals surface area contributed by atoms with Gasteiger partial charge in [-0.25, -0.2) is 9.59 Å². The van der Waals surface area contributed by atoms with Gasteiger partial charge in [0.1, 0.15) is 5.60 Å². The minimum Gasteiger partial charge on any atom is -0.444 e. The number of nitrogens with one attached hydrogen (secondary N) is 1. The molecule has 6 nitrogen and oxygen atoms in total. The fourth-order valence-electron chi connectivity index (χ4n) is 5.10. The molecule has 2 heterocycles. The number of carbonyl (C=O) groups is 2. The van der Waals surface area contributed by atoms with E-state index in [2.05, 4.69) is 29.6 Å². The number of urea groups is 1. The molecule has 3 amide bonds. The number of amides is 3. The molecule has 1 aromatic rings. The van der Waals surface area contributed by atoms with Crippen LogP contribution in [0.25, 0.3) is 0 Å². The summed E-state index contributed by atoms with van der Waals surface area (Å²) in [7, 11) is 0. The summed E-state index contributed by atoms with van der Waals surface area (Å²) in [5.41, 5.74) is 2.14. The molecule has 6 heteroatoms. The molecule has 1 N–H and O–H groups in total. The third-order valence-electron chi connectivity index (χ3n) is 6.57. The van der Waals surface area contributed by atoms with Crippen LogP contribution in [0.2, 0.25) is 0 Å². The highest BCUT2D eigenvalue weighted by molar-refractivity contribution is 5.75. The van der Waals surface area contributed by atoms with Gasteiger partial charge in [0.2, 0.25) is 0 Å². The summed E-state index contributed by atoms with van der Waals surface area (Å²) in [5, 5.41) is 3.30. The Hall–Kier alpha value is -2.24. The van der Waals surface area contributed by atoms with Crippen molar-refractivity contribution in [1.82, 2.24) is 15.1 Å². The van der Waals surface area contributed by atoms with E-state index in [4.69, 9.17) is 4.74 Å². The summed E-state index contributed by atoms with van der Waals surface area (Å²) in [4.78, 5) is 28.9. The van der Waals surface area contributed by atoms with Crippen LogP contribution >= 0.6 is 0 Å². The van der Waals surface area contributed by atoms with E-state index in [-0.39, 0.29) is 23.6 Å². The summed E-state index contributed by atoms with van der Waals surface area (Å²) in [6.45, 7) is 8.80. The monoisotopic (exact) mass is 399 g/mol. The maximum atomic E-state index is 12.7. The lowest BCUT2D eigenvalue weighted by molar-refractivity contribution is 0.0161. The Labute approximate surface area is 173 Å². The van der Waals surface area contributed by atoms with Gasteiger partial charge in [-0.3, -0.25) is 0 Å². The van der Waals surface area contributed by atoms with Crippen molar-refractivity contribution < 1.29 is 14.3 Å². The van der Waals surface area contributed by atoms with Crippen LogP contribution in [0.3, 0.4) is 0 Å². The van der Waals surface area contributed by atoms with E-state index in [1.54, 1.807) is 0 Å². The quantitative estimate of drug-likeness (QED) is 0.770. The van der Waals surface area contributed by atoms with Gasteiger partial charge < -0.3 is 19.9 Å². The molecule has 0 unspecified atom stereocenters. The third kappa shape index (κ3) is 4.07. The first-order valence-electron chi connectivity index (χ1n) is 10.9. The van der Waals surface area contributed by atoms with Gasteiger partial charge in [0, 0.05) is 31.6 Å². The van der Waals surface area contributed by atoms with Crippen molar-refractivity contribution in [1.29, 1.82) is 0 Å². The van der Waals surface area contributed by atoms with E-state index in [1.807, 2.05) is 30.6 Å². The summed E-state index contributed by atoms with van der Waals surface area (Å²) >= 11 is 0. The number of hydrogen-bond acceptors (Lipinski definition) is 3. The molecule has 2 saturated heterocycles. The van der Waals surface area contributed by atoms with Gasteiger partial charge in [0.15, 0.2) is 0 Å². The first kappa shape index (κ1) is 20.0. The highest BCUT2D eigenvalue weighted by Gasteiger charge is 2.46. The van der Waals surface area contributed by atoms with E-state index in [0.717, 1.165) is 45.2 Å². The average molecular weight is 400 g/mol. The fourth-order valence-corrected chi connectivity index (χ4v) is 5.10. The molecule has 1 spiro atoms. The number of nitrogens with zero attached hydrogens (tertiary/aromatic N) is 2. The summed E-state index contributed by atoms with van der Waals surface area (Å²) in [5.74, 6) is 0. The SMILES string of the molecule is CC(C)(C)OC(=O)N1CCC2(CC1)C[C@H](NC(=O)N1CCCC1)c1ccccc12. The zero-order valence-electron chi connectivity index (χ0n) is 17.9. The lowest BCUT2D eigenvalue weighted by Gasteiger charge is -2.40. The smallest absolute Gasteiger partial charge is 0.410 e. The van der Waals surface area contributed by atoms with Crippen molar-refractivity contribution in [2.75, 3.05) is 26.2 Å². The molecule has 1 aliphatic carbocycles. The number of carbonyl (C=O) groups excluding carboxylic acids is 2. The number of piperidine rings is 1. The number of fused-ring (bicyclic) bond motifs is 2. The second-order valence-electron chi connectivity index (χ2n) is 9.74. The lowest BCUT2D eigenvalue weighted by Crippen LogP contribution is -2.46. The molecule has 2 aliphatic heterocycles. The maximum absolute atomic E-state index is 12.7. The molecular formula is C23H33N3O3. The highest BCUT2D eigenvalue weighted by atomic mass is 16.6. The second-order valence-corrected chi connectivity index (χ2v) is 9.74. The lowest BCUT2D eigenvalue weighted by atomic mass is 9.73. The summed E-state index contributed by atoms with van der Waals surface area (Å²) < 4.78 is 5.55. The van der Waals surface area contributed by atoms with E-state index in [9.17, 15) is 9.59 Å². The molecular weight excluding hydrogens is 366 g/mol. The Morgan fingerprint density at radius 3 is 2.34 bits per heavy atom. The van der Waals surface area contributed by atoms with Gasteiger partial charge in [-0.05, 0) is 64.0 Å². The number of hydrogen-bond donors (Lipinski definition) is 1. The van der Waals surface area contributed by atoms with Crippen LogP contribution in [-0.2, 0) is 10.2 Å². The van der Waals surface area contributed by atoms with Gasteiger partial charge in [-0.1, -0.05) is 24.3 Å². The summed E-state index contributed by atoms with van der Waals surface area (Å²) in [6, 6.07) is 8.62. The van der Waals surface area contributed by atoms with Crippen LogP contribution < -0.4 is 5.32 Å². The highest BCUT2D eigenvalue weighted by Crippen LogP contribution is 2.50. The Bertz CT molecular complexity index is 772. The molecule has 0 bridgehead atoms. The standard InChI is InChI=1S/C23H33N3O3/c1-22(2,3)29-21(28)26-14-10-23(11-15-26)16-19(17-8-4-5-9-18(17)23)24-20(27)25-12-6-7-13-25/h4-5,8-9,19H,6-7,10-16H2,1-3H3,(H,24,27)/t19-/m0/s1. The molecule has 1 atom stereocenters. The van der Waals surface area contributed by atoms with Crippen molar-refractivity contribution in [3.63, 3.8) is 0 Å². The zero-order chi connectivity index (χ0) is 20.6. The average Bonchev–Trinajstić information content (AvgIpc) is 3.30. The Morgan fingerprint density at radius 1 is 1.03 bits per heavy atom. The van der Waals surface area contributed by atoms with Crippen LogP contribution in [0.5, 0.6) is 0 Å². The van der Waals surface area contributed by atoms with Crippen molar-refractivity contribution in [3.05, 3.63) is 35.4 Å². The predicted molar refractivity (Wildman–Crippen MR) is 112 cm³/mol. The van der Waals surface area contributed by atoms with Gasteiger partial charge in [0.25, 0.3) is 0 Å². The van der Waals surface area contributed by atoms with Crippen LogP contribution in [0.1, 0.15) is 70.0 Å². The van der Waals surface area contributed by atoms with Crippen molar-refractivity contribution in [2.24, 2.45) is 0 Å². The van der Waals surface area contributed by atoms with Crippen molar-refractivity contribution >= 4 is 12.1 Å². The number of likely N-dealkylation sites (tertiary alicyclic amines) is 2. The van der Waals surface area contributed by atoms with Gasteiger partial charge in [-0.15, -0.1) is 0 Å². The van der Waals surface area contributed by atoms with Gasteiger partial charge in [-0.2, -0.15) is 0 Å². The van der Waals surface area contributed by atoms with Crippen molar-refractivity contribution in [2.45, 2.75) is 69.9 Å². The van der Waals surface area contributed by atoms with Crippen LogP contribution in [0.4, 0.5) is 9.59 Å². The van der Waals surface area contributed by atoms with E-state index in [1.165, 1.54) is 11.1 Å². The molecule has 2 fully saturated rings. The van der Waals surface area contributed by atoms with Crippen molar-refractivity contribution in [3.8, 4) is 0 Å².